The summed E-state index contributed by atoms with van der Waals surface area (Å²) in [5.41, 5.74) is 0.792. The Balaban J connectivity index is 0.000000518. The molecule has 1 aromatic carbocycles. The molecule has 0 N–H and O–H groups in total. The number of benzene rings is 1. The van der Waals surface area contributed by atoms with Crippen LogP contribution in [0.15, 0.2) is 18.2 Å². The van der Waals surface area contributed by atoms with Gasteiger partial charge in [-0.15, -0.1) is 0 Å². The van der Waals surface area contributed by atoms with Crippen molar-refractivity contribution in [2.45, 2.75) is 76.3 Å². The molecule has 2 aliphatic carbocycles. The van der Waals surface area contributed by atoms with Crippen molar-refractivity contribution >= 4 is 0 Å². The molecule has 0 unspecified atom stereocenters. The first-order valence-corrected chi connectivity index (χ1v) is 9.75. The monoisotopic (exact) mass is 398 g/mol. The van der Waals surface area contributed by atoms with E-state index >= 15 is 0 Å². The van der Waals surface area contributed by atoms with Crippen LogP contribution in [0.4, 0.5) is 26.3 Å². The second-order valence-electron chi connectivity index (χ2n) is 7.97. The van der Waals surface area contributed by atoms with Crippen molar-refractivity contribution in [2.75, 3.05) is 6.67 Å². The number of rotatable bonds is 3. The molecule has 0 aliphatic heterocycles. The molecule has 1 aromatic rings. The molecule has 2 aliphatic rings. The lowest BCUT2D eigenvalue weighted by Crippen LogP contribution is -2.33. The van der Waals surface area contributed by atoms with Crippen LogP contribution in [-0.4, -0.2) is 18.8 Å². The Bertz CT molecular complexity index is 583. The number of hydrogen-bond acceptors (Lipinski definition) is 0. The zero-order valence-corrected chi connectivity index (χ0v) is 15.7. The molecule has 0 amide bonds. The van der Waals surface area contributed by atoms with Gasteiger partial charge >= 0.3 is 0 Å². The van der Waals surface area contributed by atoms with Crippen molar-refractivity contribution in [1.29, 1.82) is 0 Å². The minimum absolute atomic E-state index is 0. The number of halogens is 6. The number of hydrogen-bond donors (Lipinski definition) is 0. The Morgan fingerprint density at radius 2 is 1.52 bits per heavy atom. The molecular formula is C21H32F6. The Labute approximate surface area is 160 Å². The zero-order valence-electron chi connectivity index (χ0n) is 15.7. The van der Waals surface area contributed by atoms with E-state index in [0.29, 0.717) is 31.6 Å². The van der Waals surface area contributed by atoms with E-state index in [1.807, 2.05) is 0 Å². The predicted molar refractivity (Wildman–Crippen MR) is 98.7 cm³/mol. The van der Waals surface area contributed by atoms with Crippen LogP contribution in [0.25, 0.3) is 0 Å². The summed E-state index contributed by atoms with van der Waals surface area (Å²) in [4.78, 5) is 0. The zero-order chi connectivity index (χ0) is 20.0. The van der Waals surface area contributed by atoms with Gasteiger partial charge in [0, 0.05) is 8.77 Å². The van der Waals surface area contributed by atoms with E-state index < -0.39 is 36.3 Å². The summed E-state index contributed by atoms with van der Waals surface area (Å²) in [5, 5.41) is 0. The van der Waals surface area contributed by atoms with E-state index in [0.717, 1.165) is 37.3 Å². The fourth-order valence-electron chi connectivity index (χ4n) is 3.94. The maximum Gasteiger partial charge on any atom is 0.278 e. The Kier molecular flexibility index (Phi) is 8.04. The molecule has 0 aromatic heterocycles. The van der Waals surface area contributed by atoms with Crippen LogP contribution >= 0.6 is 0 Å². The third kappa shape index (κ3) is 6.42. The Morgan fingerprint density at radius 1 is 0.926 bits per heavy atom. The van der Waals surface area contributed by atoms with Gasteiger partial charge in [-0.25, -0.2) is 26.3 Å². The molecule has 3 rings (SSSR count). The van der Waals surface area contributed by atoms with Crippen molar-refractivity contribution in [3.8, 4) is 0 Å². The molecule has 2 fully saturated rings. The molecule has 0 nitrogen and oxygen atoms in total. The van der Waals surface area contributed by atoms with E-state index in [4.69, 9.17) is 0 Å². The Hall–Kier alpha value is -1.20. The van der Waals surface area contributed by atoms with Gasteiger partial charge < -0.3 is 0 Å². The van der Waals surface area contributed by atoms with Crippen LogP contribution in [0.1, 0.15) is 72.6 Å². The highest BCUT2D eigenvalue weighted by Crippen LogP contribution is 2.38. The maximum atomic E-state index is 13.0. The molecule has 0 spiro atoms. The lowest BCUT2D eigenvalue weighted by Gasteiger charge is -2.30. The average molecular weight is 398 g/mol. The van der Waals surface area contributed by atoms with Gasteiger partial charge in [0.15, 0.2) is 18.3 Å². The maximum absolute atomic E-state index is 13.0. The van der Waals surface area contributed by atoms with Crippen molar-refractivity contribution in [3.63, 3.8) is 0 Å². The molecular weight excluding hydrogens is 366 g/mol. The highest BCUT2D eigenvalue weighted by Gasteiger charge is 2.40. The van der Waals surface area contributed by atoms with Gasteiger partial charge in [-0.3, -0.25) is 0 Å². The van der Waals surface area contributed by atoms with Crippen LogP contribution in [-0.2, 0) is 0 Å². The molecule has 6 heteroatoms. The van der Waals surface area contributed by atoms with E-state index in [1.165, 1.54) is 6.07 Å². The van der Waals surface area contributed by atoms with Crippen LogP contribution in [0.5, 0.6) is 0 Å². The minimum atomic E-state index is -3.07. The summed E-state index contributed by atoms with van der Waals surface area (Å²) in [6, 6.07) is 3.98. The topological polar surface area (TPSA) is 0 Å². The van der Waals surface area contributed by atoms with E-state index in [9.17, 15) is 26.3 Å². The van der Waals surface area contributed by atoms with Gasteiger partial charge in [-0.05, 0) is 68.1 Å². The normalized spacial score (nSPS) is 29.0. The largest absolute Gasteiger partial charge is 0.278 e. The molecule has 0 saturated heterocycles. The molecule has 27 heavy (non-hydrogen) atoms. The quantitative estimate of drug-likeness (QED) is 0.454. The SMILES string of the molecule is CC1CCC(C(F)(F)CF)CC1.Fc1ccc(C2CCC(F)CC2)cc1F.[HH].[HH]. The number of alkyl halides is 4. The molecule has 2 saturated carbocycles. The second kappa shape index (κ2) is 9.83. The molecule has 0 radical (unpaired) electrons. The molecule has 158 valence electrons. The van der Waals surface area contributed by atoms with E-state index in [1.54, 1.807) is 6.07 Å². The first kappa shape index (κ1) is 22.1. The van der Waals surface area contributed by atoms with E-state index in [2.05, 4.69) is 6.92 Å². The third-order valence-corrected chi connectivity index (χ3v) is 5.86. The second-order valence-corrected chi connectivity index (χ2v) is 7.97. The smallest absolute Gasteiger partial charge is 0.247 e. The first-order valence-electron chi connectivity index (χ1n) is 9.75. The predicted octanol–water partition coefficient (Wildman–Crippen LogP) is 7.87. The van der Waals surface area contributed by atoms with Crippen LogP contribution < -0.4 is 0 Å². The van der Waals surface area contributed by atoms with Crippen LogP contribution in [0.3, 0.4) is 0 Å². The van der Waals surface area contributed by atoms with Gasteiger partial charge in [0.25, 0.3) is 5.92 Å². The molecule has 0 bridgehead atoms. The molecule has 0 atom stereocenters. The lowest BCUT2D eigenvalue weighted by atomic mass is 9.80. The highest BCUT2D eigenvalue weighted by molar-refractivity contribution is 5.22. The van der Waals surface area contributed by atoms with Gasteiger partial charge in [-0.1, -0.05) is 25.8 Å². The molecule has 0 heterocycles. The van der Waals surface area contributed by atoms with Gasteiger partial charge in [0.2, 0.25) is 0 Å². The van der Waals surface area contributed by atoms with Gasteiger partial charge in [-0.2, -0.15) is 0 Å². The Morgan fingerprint density at radius 3 is 2.04 bits per heavy atom. The van der Waals surface area contributed by atoms with Crippen LogP contribution in [0, 0.1) is 23.5 Å². The lowest BCUT2D eigenvalue weighted by molar-refractivity contribution is -0.0901. The first-order chi connectivity index (χ1) is 12.7. The average Bonchev–Trinajstić information content (AvgIpc) is 2.65. The summed E-state index contributed by atoms with van der Waals surface area (Å²) >= 11 is 0. The summed E-state index contributed by atoms with van der Waals surface area (Å²) in [5.74, 6) is -4.68. The summed E-state index contributed by atoms with van der Waals surface area (Å²) < 4.78 is 76.0. The summed E-state index contributed by atoms with van der Waals surface area (Å²) in [6.45, 7) is 0.565. The highest BCUT2D eigenvalue weighted by atomic mass is 19.3. The van der Waals surface area contributed by atoms with Crippen molar-refractivity contribution in [1.82, 2.24) is 0 Å². The van der Waals surface area contributed by atoms with Crippen LogP contribution in [0.2, 0.25) is 0 Å². The fourth-order valence-corrected chi connectivity index (χ4v) is 3.94. The van der Waals surface area contributed by atoms with Crippen molar-refractivity contribution < 1.29 is 29.2 Å². The fraction of sp³-hybridized carbons (Fsp3) is 0.714. The third-order valence-electron chi connectivity index (χ3n) is 5.86. The minimum Gasteiger partial charge on any atom is -0.247 e. The van der Waals surface area contributed by atoms with Gasteiger partial charge in [0.1, 0.15) is 6.17 Å². The summed E-state index contributed by atoms with van der Waals surface area (Å²) in [6.07, 6.45) is 4.41. The van der Waals surface area contributed by atoms with Crippen molar-refractivity contribution in [2.24, 2.45) is 11.8 Å². The van der Waals surface area contributed by atoms with Gasteiger partial charge in [0.05, 0.1) is 0 Å². The van der Waals surface area contributed by atoms with E-state index in [-0.39, 0.29) is 8.77 Å². The summed E-state index contributed by atoms with van der Waals surface area (Å²) in [7, 11) is 0. The van der Waals surface area contributed by atoms with Crippen molar-refractivity contribution in [3.05, 3.63) is 35.4 Å². The standard InChI is InChI=1S/C12H13F3.C9H15F3.2H2/c13-10-4-1-8(2-5-10)9-3-6-11(14)12(15)7-9;1-7-2-4-8(5-3-7)9(11,12)6-10;;/h3,6-8,10H,1-2,4-5H2;7-8H,2-6H2,1H3;2*1H.